The maximum atomic E-state index is 2.45. The van der Waals surface area contributed by atoms with E-state index >= 15 is 0 Å². The summed E-state index contributed by atoms with van der Waals surface area (Å²) in [6.07, 6.45) is 4.30. The van der Waals surface area contributed by atoms with Crippen molar-refractivity contribution in [1.29, 1.82) is 0 Å². The molecule has 0 spiro atoms. The van der Waals surface area contributed by atoms with Crippen LogP contribution in [0.25, 0.3) is 0 Å². The monoisotopic (exact) mass is 302 g/mol. The number of aryl methyl sites for hydroxylation is 1. The van der Waals surface area contributed by atoms with Crippen LogP contribution in [0, 0.1) is 18.8 Å². The minimum Gasteiger partial charge on any atom is -0.332 e. The van der Waals surface area contributed by atoms with Gasteiger partial charge in [0, 0.05) is 30.2 Å². The average Bonchev–Trinajstić information content (AvgIpc) is 2.49. The molecule has 2 saturated heterocycles. The van der Waals surface area contributed by atoms with Crippen LogP contribution < -0.4 is 9.80 Å². The lowest BCUT2D eigenvalue weighted by molar-refractivity contribution is -0.969. The van der Waals surface area contributed by atoms with Crippen LogP contribution in [-0.2, 0) is 6.54 Å². The first-order valence-corrected chi connectivity index (χ1v) is 9.34. The van der Waals surface area contributed by atoms with Crippen molar-refractivity contribution < 1.29 is 9.80 Å². The van der Waals surface area contributed by atoms with Gasteiger partial charge in [-0.25, -0.2) is 0 Å². The number of rotatable bonds is 3. The van der Waals surface area contributed by atoms with Crippen LogP contribution in [0.1, 0.15) is 44.2 Å². The van der Waals surface area contributed by atoms with Crippen molar-refractivity contribution in [3.63, 3.8) is 0 Å². The van der Waals surface area contributed by atoms with Gasteiger partial charge < -0.3 is 9.80 Å². The topological polar surface area (TPSA) is 8.88 Å². The summed E-state index contributed by atoms with van der Waals surface area (Å²) in [5, 5.41) is 0. The Morgan fingerprint density at radius 1 is 1.00 bits per heavy atom. The highest BCUT2D eigenvalue weighted by Gasteiger charge is 2.34. The van der Waals surface area contributed by atoms with Gasteiger partial charge in [-0.3, -0.25) is 0 Å². The second-order valence-corrected chi connectivity index (χ2v) is 8.14. The van der Waals surface area contributed by atoms with E-state index in [9.17, 15) is 0 Å². The van der Waals surface area contributed by atoms with E-state index in [-0.39, 0.29) is 0 Å². The van der Waals surface area contributed by atoms with Gasteiger partial charge in [-0.2, -0.15) is 0 Å². The van der Waals surface area contributed by atoms with Crippen LogP contribution in [-0.4, -0.2) is 32.2 Å². The van der Waals surface area contributed by atoms with Gasteiger partial charge in [-0.05, 0) is 18.9 Å². The highest BCUT2D eigenvalue weighted by Crippen LogP contribution is 2.13. The number of nitrogens with one attached hydrogen (secondary N) is 2. The molecule has 3 rings (SSSR count). The Hall–Kier alpha value is -0.860. The molecule has 22 heavy (non-hydrogen) atoms. The van der Waals surface area contributed by atoms with Crippen LogP contribution in [0.3, 0.4) is 0 Å². The molecule has 1 aromatic carbocycles. The van der Waals surface area contributed by atoms with Crippen molar-refractivity contribution in [2.75, 3.05) is 26.2 Å². The van der Waals surface area contributed by atoms with Crippen molar-refractivity contribution in [3.05, 3.63) is 35.4 Å². The van der Waals surface area contributed by atoms with Gasteiger partial charge >= 0.3 is 0 Å². The quantitative estimate of drug-likeness (QED) is 0.827. The van der Waals surface area contributed by atoms with Gasteiger partial charge in [0.2, 0.25) is 0 Å². The third kappa shape index (κ3) is 3.91. The summed E-state index contributed by atoms with van der Waals surface area (Å²) < 4.78 is 0. The molecule has 2 aliphatic rings. The summed E-state index contributed by atoms with van der Waals surface area (Å²) in [5.41, 5.74) is 3.00. The lowest BCUT2D eigenvalue weighted by Crippen LogP contribution is -3.21. The number of quaternary nitrogens is 2. The average molecular weight is 303 g/mol. The van der Waals surface area contributed by atoms with Gasteiger partial charge in [0.25, 0.3) is 0 Å². The van der Waals surface area contributed by atoms with Crippen LogP contribution in [0.5, 0.6) is 0 Å². The SMILES string of the molecule is Cc1ccccc1C[NH+]1CCC([NH+]2C[C@H](C)C[C@@H](C)C2)CC1. The molecular weight excluding hydrogens is 268 g/mol. The zero-order valence-corrected chi connectivity index (χ0v) is 14.7. The first kappa shape index (κ1) is 16.0. The number of hydrogen-bond acceptors (Lipinski definition) is 0. The summed E-state index contributed by atoms with van der Waals surface area (Å²) in [5.74, 6) is 1.85. The van der Waals surface area contributed by atoms with Crippen molar-refractivity contribution in [2.24, 2.45) is 11.8 Å². The molecule has 2 atom stereocenters. The molecule has 0 saturated carbocycles. The maximum absolute atomic E-state index is 2.45. The molecule has 0 aromatic heterocycles. The van der Waals surface area contributed by atoms with Gasteiger partial charge in [0.1, 0.15) is 6.54 Å². The van der Waals surface area contributed by atoms with Crippen LogP contribution in [0.15, 0.2) is 24.3 Å². The number of hydrogen-bond donors (Lipinski definition) is 2. The van der Waals surface area contributed by atoms with Crippen molar-refractivity contribution in [2.45, 2.75) is 52.6 Å². The summed E-state index contributed by atoms with van der Waals surface area (Å²) >= 11 is 0. The van der Waals surface area contributed by atoms with E-state index in [0.29, 0.717) is 0 Å². The summed E-state index contributed by atoms with van der Waals surface area (Å²) in [6, 6.07) is 9.85. The molecule has 2 N–H and O–H groups in total. The van der Waals surface area contributed by atoms with E-state index in [4.69, 9.17) is 0 Å². The molecule has 2 aliphatic heterocycles. The van der Waals surface area contributed by atoms with Crippen LogP contribution in [0.2, 0.25) is 0 Å². The predicted octanol–water partition coefficient (Wildman–Crippen LogP) is 1.10. The third-order valence-corrected chi connectivity index (χ3v) is 6.00. The Morgan fingerprint density at radius 3 is 2.27 bits per heavy atom. The fourth-order valence-corrected chi connectivity index (χ4v) is 4.85. The number of likely N-dealkylation sites (tertiary alicyclic amines) is 2. The molecule has 0 aliphatic carbocycles. The fraction of sp³-hybridized carbons (Fsp3) is 0.700. The normalized spacial score (nSPS) is 36.2. The highest BCUT2D eigenvalue weighted by atomic mass is 15.2. The summed E-state index contributed by atoms with van der Waals surface area (Å²) in [4.78, 5) is 3.71. The molecule has 0 bridgehead atoms. The van der Waals surface area contributed by atoms with E-state index in [1.165, 1.54) is 57.5 Å². The first-order chi connectivity index (χ1) is 10.6. The Balaban J connectivity index is 1.51. The van der Waals surface area contributed by atoms with E-state index in [1.54, 1.807) is 10.5 Å². The fourth-order valence-electron chi connectivity index (χ4n) is 4.85. The van der Waals surface area contributed by atoms with E-state index in [0.717, 1.165) is 17.9 Å². The molecule has 0 amide bonds. The van der Waals surface area contributed by atoms with Crippen LogP contribution >= 0.6 is 0 Å². The number of piperidine rings is 2. The smallest absolute Gasteiger partial charge is 0.103 e. The van der Waals surface area contributed by atoms with Crippen molar-refractivity contribution in [3.8, 4) is 0 Å². The minimum absolute atomic E-state index is 0.927. The van der Waals surface area contributed by atoms with E-state index in [2.05, 4.69) is 45.0 Å². The number of benzene rings is 1. The van der Waals surface area contributed by atoms with E-state index < -0.39 is 0 Å². The maximum Gasteiger partial charge on any atom is 0.103 e. The molecule has 0 radical (unpaired) electrons. The second-order valence-electron chi connectivity index (χ2n) is 8.14. The first-order valence-electron chi connectivity index (χ1n) is 9.34. The molecule has 122 valence electrons. The zero-order chi connectivity index (χ0) is 15.5. The Kier molecular flexibility index (Phi) is 5.20. The molecular formula is C20H34N2+2. The van der Waals surface area contributed by atoms with Gasteiger partial charge in [-0.15, -0.1) is 0 Å². The lowest BCUT2D eigenvalue weighted by Gasteiger charge is -2.39. The lowest BCUT2D eigenvalue weighted by atomic mass is 9.89. The molecule has 2 fully saturated rings. The molecule has 2 heteroatoms. The van der Waals surface area contributed by atoms with Gasteiger partial charge in [0.15, 0.2) is 0 Å². The third-order valence-electron chi connectivity index (χ3n) is 6.00. The van der Waals surface area contributed by atoms with Gasteiger partial charge in [0.05, 0.1) is 32.2 Å². The summed E-state index contributed by atoms with van der Waals surface area (Å²) in [7, 11) is 0. The largest absolute Gasteiger partial charge is 0.332 e. The predicted molar refractivity (Wildman–Crippen MR) is 92.2 cm³/mol. The van der Waals surface area contributed by atoms with Crippen molar-refractivity contribution in [1.82, 2.24) is 0 Å². The van der Waals surface area contributed by atoms with Crippen LogP contribution in [0.4, 0.5) is 0 Å². The minimum atomic E-state index is 0.927. The standard InChI is InChI=1S/C20H32N2/c1-16-12-17(2)14-22(13-16)20-8-10-21(11-9-20)15-19-7-5-4-6-18(19)3/h4-7,16-17,20H,8-15H2,1-3H3/p+2/t16-,17-/m1/s1. The Bertz CT molecular complexity index is 466. The molecule has 0 unspecified atom stereocenters. The Morgan fingerprint density at radius 2 is 1.64 bits per heavy atom. The zero-order valence-electron chi connectivity index (χ0n) is 14.7. The second kappa shape index (κ2) is 7.14. The summed E-state index contributed by atoms with van der Waals surface area (Å²) in [6.45, 7) is 14.0. The Labute approximate surface area is 136 Å². The highest BCUT2D eigenvalue weighted by molar-refractivity contribution is 5.24. The van der Waals surface area contributed by atoms with Crippen molar-refractivity contribution >= 4 is 0 Å². The molecule has 2 nitrogen and oxygen atoms in total. The molecule has 2 heterocycles. The van der Waals surface area contributed by atoms with Gasteiger partial charge in [-0.1, -0.05) is 38.1 Å². The molecule has 1 aromatic rings. The van der Waals surface area contributed by atoms with E-state index in [1.807, 2.05) is 4.90 Å².